The lowest BCUT2D eigenvalue weighted by Crippen LogP contribution is -2.21. The molecule has 1 unspecified atom stereocenters. The van der Waals surface area contributed by atoms with Gasteiger partial charge in [0.25, 0.3) is 0 Å². The summed E-state index contributed by atoms with van der Waals surface area (Å²) in [5, 5.41) is 0. The fourth-order valence-corrected chi connectivity index (χ4v) is 1.59. The molecule has 3 heteroatoms. The van der Waals surface area contributed by atoms with Crippen molar-refractivity contribution in [2.45, 2.75) is 25.8 Å². The normalized spacial score (nSPS) is 11.6. The van der Waals surface area contributed by atoms with E-state index in [2.05, 4.69) is 12.8 Å². The number of para-hydroxylation sites is 1. The van der Waals surface area contributed by atoms with Gasteiger partial charge in [0.05, 0.1) is 7.11 Å². The van der Waals surface area contributed by atoms with Gasteiger partial charge >= 0.3 is 0 Å². The largest absolute Gasteiger partial charge is 0.493 e. The van der Waals surface area contributed by atoms with E-state index in [0.29, 0.717) is 11.5 Å². The maximum atomic E-state index is 5.96. The number of hydrogen-bond acceptors (Lipinski definition) is 3. The molecule has 1 aromatic carbocycles. The van der Waals surface area contributed by atoms with Crippen LogP contribution in [0.2, 0.25) is 0 Å². The van der Waals surface area contributed by atoms with Crippen molar-refractivity contribution in [3.8, 4) is 23.8 Å². The van der Waals surface area contributed by atoms with Crippen molar-refractivity contribution in [3.05, 3.63) is 23.8 Å². The van der Waals surface area contributed by atoms with Gasteiger partial charge in [-0.05, 0) is 24.5 Å². The Hall–Kier alpha value is -1.66. The number of benzene rings is 1. The van der Waals surface area contributed by atoms with E-state index in [1.807, 2.05) is 18.2 Å². The second-order valence-electron chi connectivity index (χ2n) is 3.81. The van der Waals surface area contributed by atoms with E-state index in [1.165, 1.54) is 0 Å². The maximum Gasteiger partial charge on any atom is 0.165 e. The highest BCUT2D eigenvalue weighted by atomic mass is 16.5. The van der Waals surface area contributed by atoms with Gasteiger partial charge in [-0.15, -0.1) is 6.42 Å². The zero-order valence-electron chi connectivity index (χ0n) is 10.4. The average Bonchev–Trinajstić information content (AvgIpc) is 2.36. The summed E-state index contributed by atoms with van der Waals surface area (Å²) in [6, 6.07) is 5.89. The van der Waals surface area contributed by atoms with Crippen LogP contribution in [0.4, 0.5) is 0 Å². The molecule has 0 spiro atoms. The summed E-state index contributed by atoms with van der Waals surface area (Å²) in [6.45, 7) is 2.29. The van der Waals surface area contributed by atoms with E-state index in [4.69, 9.17) is 21.6 Å². The molecule has 1 aromatic rings. The van der Waals surface area contributed by atoms with Crippen molar-refractivity contribution in [1.29, 1.82) is 0 Å². The van der Waals surface area contributed by atoms with Gasteiger partial charge in [0.2, 0.25) is 0 Å². The Morgan fingerprint density at radius 3 is 2.82 bits per heavy atom. The van der Waals surface area contributed by atoms with Gasteiger partial charge in [-0.1, -0.05) is 25.0 Å². The molecule has 92 valence electrons. The van der Waals surface area contributed by atoms with Gasteiger partial charge in [-0.3, -0.25) is 0 Å². The lowest BCUT2D eigenvalue weighted by Gasteiger charge is -2.16. The van der Waals surface area contributed by atoms with E-state index in [-0.39, 0.29) is 12.6 Å². The van der Waals surface area contributed by atoms with Crippen LogP contribution in [0.15, 0.2) is 18.2 Å². The van der Waals surface area contributed by atoms with Crippen LogP contribution < -0.4 is 15.2 Å². The van der Waals surface area contributed by atoms with Gasteiger partial charge in [-0.2, -0.15) is 0 Å². The molecule has 0 aromatic heterocycles. The first-order chi connectivity index (χ1) is 8.22. The Labute approximate surface area is 103 Å². The Kier molecular flexibility index (Phi) is 5.38. The van der Waals surface area contributed by atoms with Crippen LogP contribution in [0.25, 0.3) is 0 Å². The highest BCUT2D eigenvalue weighted by molar-refractivity contribution is 5.47. The Morgan fingerprint density at radius 1 is 1.47 bits per heavy atom. The Balaban J connectivity index is 2.97. The standard InChI is InChI=1S/C14H19NO2/c1-4-9-17-14-11(10-12(15)5-2)7-6-8-13(14)16-3/h1,6-8,12H,5,9-10,15H2,2-3H3. The van der Waals surface area contributed by atoms with Gasteiger partial charge < -0.3 is 15.2 Å². The van der Waals surface area contributed by atoms with Gasteiger partial charge in [-0.25, -0.2) is 0 Å². The van der Waals surface area contributed by atoms with Crippen LogP contribution in [-0.4, -0.2) is 19.8 Å². The number of methoxy groups -OCH3 is 1. The molecule has 3 nitrogen and oxygen atoms in total. The fourth-order valence-electron chi connectivity index (χ4n) is 1.59. The van der Waals surface area contributed by atoms with E-state index >= 15 is 0 Å². The number of hydrogen-bond donors (Lipinski definition) is 1. The molecular formula is C14H19NO2. The molecule has 0 radical (unpaired) electrons. The third-order valence-electron chi connectivity index (χ3n) is 2.59. The first-order valence-corrected chi connectivity index (χ1v) is 5.70. The smallest absolute Gasteiger partial charge is 0.165 e. The molecule has 0 aliphatic heterocycles. The number of nitrogens with two attached hydrogens (primary N) is 1. The van der Waals surface area contributed by atoms with Gasteiger partial charge in [0.15, 0.2) is 11.5 Å². The molecule has 0 fully saturated rings. The minimum atomic E-state index is 0.121. The molecule has 1 rings (SSSR count). The van der Waals surface area contributed by atoms with Crippen LogP contribution in [0.5, 0.6) is 11.5 Å². The second kappa shape index (κ2) is 6.82. The van der Waals surface area contributed by atoms with E-state index in [1.54, 1.807) is 7.11 Å². The van der Waals surface area contributed by atoms with Crippen molar-refractivity contribution in [2.75, 3.05) is 13.7 Å². The molecule has 0 aliphatic rings. The summed E-state index contributed by atoms with van der Waals surface area (Å²) in [4.78, 5) is 0. The third-order valence-corrected chi connectivity index (χ3v) is 2.59. The second-order valence-corrected chi connectivity index (χ2v) is 3.81. The van der Waals surface area contributed by atoms with Crippen LogP contribution in [0.1, 0.15) is 18.9 Å². The monoisotopic (exact) mass is 233 g/mol. The summed E-state index contributed by atoms with van der Waals surface area (Å²) in [5.74, 6) is 3.85. The van der Waals surface area contributed by atoms with E-state index < -0.39 is 0 Å². The summed E-state index contributed by atoms with van der Waals surface area (Å²) in [5.41, 5.74) is 6.99. The summed E-state index contributed by atoms with van der Waals surface area (Å²) in [7, 11) is 1.61. The molecule has 1 atom stereocenters. The minimum Gasteiger partial charge on any atom is -0.493 e. The maximum absolute atomic E-state index is 5.96. The number of rotatable bonds is 6. The molecule has 0 heterocycles. The van der Waals surface area contributed by atoms with Gasteiger partial charge in [0.1, 0.15) is 6.61 Å². The van der Waals surface area contributed by atoms with Gasteiger partial charge in [0, 0.05) is 6.04 Å². The summed E-state index contributed by atoms with van der Waals surface area (Å²) in [6.07, 6.45) is 6.88. The first kappa shape index (κ1) is 13.4. The molecule has 0 saturated carbocycles. The van der Waals surface area contributed by atoms with Crippen molar-refractivity contribution >= 4 is 0 Å². The Bertz CT molecular complexity index is 396. The molecule has 0 saturated heterocycles. The average molecular weight is 233 g/mol. The lowest BCUT2D eigenvalue weighted by atomic mass is 10.0. The zero-order chi connectivity index (χ0) is 12.7. The topological polar surface area (TPSA) is 44.5 Å². The van der Waals surface area contributed by atoms with Crippen molar-refractivity contribution in [1.82, 2.24) is 0 Å². The van der Waals surface area contributed by atoms with E-state index in [9.17, 15) is 0 Å². The third kappa shape index (κ3) is 3.69. The predicted molar refractivity (Wildman–Crippen MR) is 69.3 cm³/mol. The highest BCUT2D eigenvalue weighted by Crippen LogP contribution is 2.31. The van der Waals surface area contributed by atoms with Crippen LogP contribution in [0.3, 0.4) is 0 Å². The molecule has 0 bridgehead atoms. The molecule has 2 N–H and O–H groups in total. The minimum absolute atomic E-state index is 0.121. The quantitative estimate of drug-likeness (QED) is 0.764. The van der Waals surface area contributed by atoms with Crippen molar-refractivity contribution < 1.29 is 9.47 Å². The SMILES string of the molecule is C#CCOc1c(CC(N)CC)cccc1OC. The van der Waals surface area contributed by atoms with Crippen molar-refractivity contribution in [2.24, 2.45) is 5.73 Å². The molecule has 0 amide bonds. The van der Waals surface area contributed by atoms with Crippen molar-refractivity contribution in [3.63, 3.8) is 0 Å². The number of terminal acetylenes is 1. The zero-order valence-corrected chi connectivity index (χ0v) is 10.4. The fraction of sp³-hybridized carbons (Fsp3) is 0.429. The predicted octanol–water partition coefficient (Wildman–Crippen LogP) is 1.99. The van der Waals surface area contributed by atoms with E-state index in [0.717, 1.165) is 18.4 Å². The highest BCUT2D eigenvalue weighted by Gasteiger charge is 2.12. The summed E-state index contributed by atoms with van der Waals surface area (Å²) < 4.78 is 10.8. The number of ether oxygens (including phenoxy) is 2. The van der Waals surface area contributed by atoms with Crippen LogP contribution in [0, 0.1) is 12.3 Å². The summed E-state index contributed by atoms with van der Waals surface area (Å²) >= 11 is 0. The molecular weight excluding hydrogens is 214 g/mol. The Morgan fingerprint density at radius 2 is 2.24 bits per heavy atom. The molecule has 0 aliphatic carbocycles. The van der Waals surface area contributed by atoms with Crippen LogP contribution in [-0.2, 0) is 6.42 Å². The molecule has 17 heavy (non-hydrogen) atoms. The lowest BCUT2D eigenvalue weighted by molar-refractivity contribution is 0.326. The first-order valence-electron chi connectivity index (χ1n) is 5.70. The van der Waals surface area contributed by atoms with Crippen LogP contribution >= 0.6 is 0 Å².